The Kier molecular flexibility index (Phi) is 4.61. The van der Waals surface area contributed by atoms with Crippen LogP contribution in [0, 0.1) is 5.92 Å². The molecule has 2 aromatic rings. The fourth-order valence-electron chi connectivity index (χ4n) is 2.00. The van der Waals surface area contributed by atoms with Crippen molar-refractivity contribution in [3.63, 3.8) is 0 Å². The quantitative estimate of drug-likeness (QED) is 0.791. The minimum Gasteiger partial charge on any atom is -0.396 e. The van der Waals surface area contributed by atoms with Gasteiger partial charge in [0.05, 0.1) is 5.56 Å². The van der Waals surface area contributed by atoms with Crippen LogP contribution in [-0.2, 0) is 0 Å². The van der Waals surface area contributed by atoms with E-state index >= 15 is 0 Å². The average molecular weight is 325 g/mol. The van der Waals surface area contributed by atoms with Crippen LogP contribution in [0.15, 0.2) is 28.9 Å². The van der Waals surface area contributed by atoms with Gasteiger partial charge in [-0.25, -0.2) is 0 Å². The molecule has 1 heterocycles. The largest absolute Gasteiger partial charge is 0.396 e. The van der Waals surface area contributed by atoms with Gasteiger partial charge in [-0.15, -0.1) is 0 Å². The highest BCUT2D eigenvalue weighted by Gasteiger charge is 2.14. The maximum atomic E-state index is 12.2. The Bertz CT molecular complexity index is 580. The number of benzene rings is 1. The molecule has 3 N–H and O–H groups in total. The van der Waals surface area contributed by atoms with E-state index in [2.05, 4.69) is 26.2 Å². The fourth-order valence-corrected chi connectivity index (χ4v) is 2.58. The number of halogens is 1. The summed E-state index contributed by atoms with van der Waals surface area (Å²) in [5.41, 5.74) is 1.57. The number of aliphatic hydroxyl groups is 1. The van der Waals surface area contributed by atoms with E-state index in [0.29, 0.717) is 18.5 Å². The molecule has 0 saturated heterocycles. The minimum atomic E-state index is -0.0945. The number of hydrogen-bond donors (Lipinski definition) is 3. The molecule has 1 amide bonds. The average Bonchev–Trinajstić information content (AvgIpc) is 2.82. The molecule has 1 aromatic heterocycles. The SMILES string of the molecule is CC(CCO)CNC(=O)c1c[nH]c2cccc(Br)c12. The predicted octanol–water partition coefficient (Wildman–Crippen LogP) is 2.68. The second kappa shape index (κ2) is 6.21. The Morgan fingerprint density at radius 1 is 1.53 bits per heavy atom. The van der Waals surface area contributed by atoms with Gasteiger partial charge in [-0.2, -0.15) is 0 Å². The van der Waals surface area contributed by atoms with Gasteiger partial charge in [0.25, 0.3) is 5.91 Å². The monoisotopic (exact) mass is 324 g/mol. The summed E-state index contributed by atoms with van der Waals surface area (Å²) < 4.78 is 0.903. The molecule has 2 rings (SSSR count). The summed E-state index contributed by atoms with van der Waals surface area (Å²) in [7, 11) is 0. The number of amides is 1. The number of aromatic nitrogens is 1. The van der Waals surface area contributed by atoms with E-state index in [1.165, 1.54) is 0 Å². The van der Waals surface area contributed by atoms with Crippen molar-refractivity contribution in [3.8, 4) is 0 Å². The topological polar surface area (TPSA) is 65.1 Å². The van der Waals surface area contributed by atoms with Gasteiger partial charge in [0.1, 0.15) is 0 Å². The second-order valence-electron chi connectivity index (χ2n) is 4.69. The molecule has 102 valence electrons. The van der Waals surface area contributed by atoms with Gasteiger partial charge in [0, 0.05) is 34.7 Å². The van der Waals surface area contributed by atoms with Crippen LogP contribution >= 0.6 is 15.9 Å². The lowest BCUT2D eigenvalue weighted by molar-refractivity contribution is 0.0947. The van der Waals surface area contributed by atoms with Crippen LogP contribution in [0.2, 0.25) is 0 Å². The molecule has 1 unspecified atom stereocenters. The molecular formula is C14H17BrN2O2. The molecule has 1 aromatic carbocycles. The maximum Gasteiger partial charge on any atom is 0.253 e. The number of aromatic amines is 1. The van der Waals surface area contributed by atoms with Crippen molar-refractivity contribution in [2.24, 2.45) is 5.92 Å². The molecule has 0 aliphatic rings. The van der Waals surface area contributed by atoms with Crippen LogP contribution < -0.4 is 5.32 Å². The third-order valence-corrected chi connectivity index (χ3v) is 3.79. The zero-order valence-electron chi connectivity index (χ0n) is 10.7. The predicted molar refractivity (Wildman–Crippen MR) is 79.2 cm³/mol. The van der Waals surface area contributed by atoms with E-state index in [1.807, 2.05) is 25.1 Å². The number of aliphatic hydroxyl groups excluding tert-OH is 1. The number of carbonyl (C=O) groups is 1. The molecule has 0 aliphatic carbocycles. The standard InChI is InChI=1S/C14H17BrN2O2/c1-9(5-6-18)7-17-14(19)10-8-16-12-4-2-3-11(15)13(10)12/h2-4,8-9,16,18H,5-7H2,1H3,(H,17,19). The summed E-state index contributed by atoms with van der Waals surface area (Å²) in [6.07, 6.45) is 2.42. The Morgan fingerprint density at radius 3 is 3.05 bits per heavy atom. The number of H-pyrrole nitrogens is 1. The summed E-state index contributed by atoms with van der Waals surface area (Å²) in [6.45, 7) is 2.72. The molecule has 0 bridgehead atoms. The summed E-state index contributed by atoms with van der Waals surface area (Å²) in [6, 6.07) is 5.78. The number of rotatable bonds is 5. The fraction of sp³-hybridized carbons (Fsp3) is 0.357. The first-order valence-electron chi connectivity index (χ1n) is 6.28. The summed E-state index contributed by atoms with van der Waals surface area (Å²) in [5.74, 6) is 0.172. The van der Waals surface area contributed by atoms with Crippen molar-refractivity contribution in [3.05, 3.63) is 34.4 Å². The van der Waals surface area contributed by atoms with E-state index < -0.39 is 0 Å². The third kappa shape index (κ3) is 3.16. The number of nitrogens with one attached hydrogen (secondary N) is 2. The molecule has 19 heavy (non-hydrogen) atoms. The Balaban J connectivity index is 2.14. The molecule has 4 nitrogen and oxygen atoms in total. The lowest BCUT2D eigenvalue weighted by atomic mass is 10.1. The van der Waals surface area contributed by atoms with Gasteiger partial charge in [-0.3, -0.25) is 4.79 Å². The first-order valence-corrected chi connectivity index (χ1v) is 7.07. The van der Waals surface area contributed by atoms with E-state index in [9.17, 15) is 4.79 Å². The molecule has 0 fully saturated rings. The number of fused-ring (bicyclic) bond motifs is 1. The lowest BCUT2D eigenvalue weighted by Gasteiger charge is -2.10. The van der Waals surface area contributed by atoms with E-state index in [4.69, 9.17) is 5.11 Å². The van der Waals surface area contributed by atoms with Gasteiger partial charge in [0.2, 0.25) is 0 Å². The van der Waals surface area contributed by atoms with Gasteiger partial charge >= 0.3 is 0 Å². The van der Waals surface area contributed by atoms with E-state index in [0.717, 1.165) is 15.4 Å². The van der Waals surface area contributed by atoms with Gasteiger partial charge in [-0.05, 0) is 24.5 Å². The van der Waals surface area contributed by atoms with Crippen molar-refractivity contribution < 1.29 is 9.90 Å². The highest BCUT2D eigenvalue weighted by Crippen LogP contribution is 2.26. The summed E-state index contributed by atoms with van der Waals surface area (Å²) >= 11 is 3.47. The van der Waals surface area contributed by atoms with Crippen LogP contribution in [0.25, 0.3) is 10.9 Å². The molecule has 5 heteroatoms. The molecule has 0 radical (unpaired) electrons. The highest BCUT2D eigenvalue weighted by molar-refractivity contribution is 9.10. The normalized spacial score (nSPS) is 12.6. The molecule has 1 atom stereocenters. The molecule has 0 saturated carbocycles. The second-order valence-corrected chi connectivity index (χ2v) is 5.55. The van der Waals surface area contributed by atoms with Crippen molar-refractivity contribution in [2.45, 2.75) is 13.3 Å². The highest BCUT2D eigenvalue weighted by atomic mass is 79.9. The molecule has 0 aliphatic heterocycles. The Hall–Kier alpha value is -1.33. The summed E-state index contributed by atoms with van der Waals surface area (Å²) in [4.78, 5) is 15.3. The van der Waals surface area contributed by atoms with Crippen molar-refractivity contribution in [1.82, 2.24) is 10.3 Å². The zero-order valence-corrected chi connectivity index (χ0v) is 12.3. The Labute approximate surface area is 120 Å². The third-order valence-electron chi connectivity index (χ3n) is 3.13. The van der Waals surface area contributed by atoms with Crippen molar-refractivity contribution >= 4 is 32.7 Å². The van der Waals surface area contributed by atoms with E-state index in [1.54, 1.807) is 6.20 Å². The van der Waals surface area contributed by atoms with Crippen molar-refractivity contribution in [2.75, 3.05) is 13.2 Å². The molecule has 0 spiro atoms. The molecular weight excluding hydrogens is 308 g/mol. The van der Waals surface area contributed by atoms with Crippen LogP contribution in [0.5, 0.6) is 0 Å². The van der Waals surface area contributed by atoms with Crippen LogP contribution in [0.1, 0.15) is 23.7 Å². The maximum absolute atomic E-state index is 12.2. The van der Waals surface area contributed by atoms with Gasteiger partial charge < -0.3 is 15.4 Å². The lowest BCUT2D eigenvalue weighted by Crippen LogP contribution is -2.28. The van der Waals surface area contributed by atoms with Gasteiger partial charge in [-0.1, -0.05) is 28.9 Å². The minimum absolute atomic E-state index is 0.0945. The smallest absolute Gasteiger partial charge is 0.253 e. The first-order chi connectivity index (χ1) is 9.13. The Morgan fingerprint density at radius 2 is 2.32 bits per heavy atom. The van der Waals surface area contributed by atoms with Crippen LogP contribution in [0.3, 0.4) is 0 Å². The van der Waals surface area contributed by atoms with Crippen molar-refractivity contribution in [1.29, 1.82) is 0 Å². The summed E-state index contributed by atoms with van der Waals surface area (Å²) in [5, 5.41) is 12.6. The number of hydrogen-bond acceptors (Lipinski definition) is 2. The van der Waals surface area contributed by atoms with Crippen LogP contribution in [-0.4, -0.2) is 29.1 Å². The van der Waals surface area contributed by atoms with Crippen LogP contribution in [0.4, 0.5) is 0 Å². The first kappa shape index (κ1) is 14.1. The number of carbonyl (C=O) groups excluding carboxylic acids is 1. The van der Waals surface area contributed by atoms with E-state index in [-0.39, 0.29) is 18.4 Å². The van der Waals surface area contributed by atoms with Gasteiger partial charge in [0.15, 0.2) is 0 Å². The zero-order chi connectivity index (χ0) is 13.8.